The van der Waals surface area contributed by atoms with Crippen LogP contribution in [-0.4, -0.2) is 61.3 Å². The number of rotatable bonds is 11. The predicted molar refractivity (Wildman–Crippen MR) is 180 cm³/mol. The van der Waals surface area contributed by atoms with Crippen molar-refractivity contribution in [1.29, 1.82) is 0 Å². The van der Waals surface area contributed by atoms with Gasteiger partial charge in [0.05, 0.1) is 12.0 Å². The summed E-state index contributed by atoms with van der Waals surface area (Å²) in [7, 11) is -2.57. The van der Waals surface area contributed by atoms with Gasteiger partial charge in [-0.25, -0.2) is 13.6 Å². The predicted octanol–water partition coefficient (Wildman–Crippen LogP) is 6.85. The van der Waals surface area contributed by atoms with Gasteiger partial charge in [0.25, 0.3) is 0 Å². The first-order valence-corrected chi connectivity index (χ1v) is 19.2. The summed E-state index contributed by atoms with van der Waals surface area (Å²) in [5, 5.41) is 14.1. The zero-order valence-corrected chi connectivity index (χ0v) is 28.5. The number of ether oxygens (including phenoxy) is 1. The molecule has 0 unspecified atom stereocenters. The Morgan fingerprint density at radius 3 is 2.23 bits per heavy atom. The SMILES string of the molecule is CC(C)(C[C@@H](CC[C@H]1C(=O)N(c2ccc(F)cc2)[C@@H]1c1ccc(COC(=O)N2CCNCC2)cc1O)c1ccc(F)cc1)[Si](C)(C)O. The Balaban J connectivity index is 1.38. The van der Waals surface area contributed by atoms with Gasteiger partial charge in [-0.1, -0.05) is 38.1 Å². The lowest BCUT2D eigenvalue weighted by molar-refractivity contribution is -0.130. The Bertz CT molecular complexity index is 1560. The van der Waals surface area contributed by atoms with E-state index in [9.17, 15) is 28.3 Å². The van der Waals surface area contributed by atoms with E-state index in [0.29, 0.717) is 62.3 Å². The highest BCUT2D eigenvalue weighted by Crippen LogP contribution is 2.51. The monoisotopic (exact) mass is 665 g/mol. The molecule has 5 rings (SSSR count). The molecule has 0 radical (unpaired) electrons. The molecule has 2 heterocycles. The van der Waals surface area contributed by atoms with Crippen molar-refractivity contribution in [2.75, 3.05) is 31.1 Å². The topological polar surface area (TPSA) is 102 Å². The van der Waals surface area contributed by atoms with E-state index in [0.717, 1.165) is 5.56 Å². The molecule has 3 aromatic rings. The molecule has 0 aromatic heterocycles. The molecule has 8 nitrogen and oxygen atoms in total. The molecule has 2 amide bonds. The maximum atomic E-state index is 13.9. The number of piperazine rings is 1. The fourth-order valence-corrected chi connectivity index (χ4v) is 7.20. The number of anilines is 1. The Hall–Kier alpha value is -3.80. The quantitative estimate of drug-likeness (QED) is 0.153. The molecule has 2 saturated heterocycles. The number of phenolic OH excluding ortho intramolecular Hbond substituents is 1. The lowest BCUT2D eigenvalue weighted by Gasteiger charge is -2.48. The van der Waals surface area contributed by atoms with Gasteiger partial charge in [0.2, 0.25) is 5.91 Å². The summed E-state index contributed by atoms with van der Waals surface area (Å²) in [6.07, 6.45) is 1.34. The number of nitrogens with zero attached hydrogens (tertiary/aromatic N) is 2. The number of hydrogen-bond donors (Lipinski definition) is 3. The van der Waals surface area contributed by atoms with Crippen LogP contribution in [0.1, 0.15) is 61.8 Å². The minimum Gasteiger partial charge on any atom is -0.508 e. The van der Waals surface area contributed by atoms with Crippen molar-refractivity contribution in [3.63, 3.8) is 0 Å². The summed E-state index contributed by atoms with van der Waals surface area (Å²) in [6.45, 7) is 10.5. The van der Waals surface area contributed by atoms with Gasteiger partial charge >= 0.3 is 6.09 Å². The van der Waals surface area contributed by atoms with E-state index in [1.165, 1.54) is 24.3 Å². The maximum Gasteiger partial charge on any atom is 0.410 e. The highest BCUT2D eigenvalue weighted by molar-refractivity contribution is 6.72. The zero-order valence-electron chi connectivity index (χ0n) is 27.5. The number of carbonyl (C=O) groups is 2. The van der Waals surface area contributed by atoms with Crippen molar-refractivity contribution in [3.8, 4) is 5.75 Å². The summed E-state index contributed by atoms with van der Waals surface area (Å²) in [5.74, 6) is -1.43. The minimum atomic E-state index is -2.57. The summed E-state index contributed by atoms with van der Waals surface area (Å²) in [5.41, 5.74) is 2.62. The maximum absolute atomic E-state index is 13.9. The number of hydrogen-bond acceptors (Lipinski definition) is 6. The molecule has 2 aliphatic rings. The molecule has 0 bridgehead atoms. The molecule has 3 atom stereocenters. The second-order valence-electron chi connectivity index (χ2n) is 13.9. The fraction of sp³-hybridized carbons (Fsp3) is 0.444. The zero-order chi connectivity index (χ0) is 33.9. The average molecular weight is 666 g/mol. The van der Waals surface area contributed by atoms with Gasteiger partial charge in [-0.2, -0.15) is 0 Å². The van der Waals surface area contributed by atoms with Crippen LogP contribution in [0, 0.1) is 17.6 Å². The van der Waals surface area contributed by atoms with Gasteiger partial charge in [0.15, 0.2) is 8.32 Å². The first-order valence-electron chi connectivity index (χ1n) is 16.3. The first kappa shape index (κ1) is 34.5. The van der Waals surface area contributed by atoms with Crippen LogP contribution in [0.15, 0.2) is 66.7 Å². The van der Waals surface area contributed by atoms with Crippen LogP contribution in [0.3, 0.4) is 0 Å². The fourth-order valence-electron chi connectivity index (χ4n) is 6.46. The van der Waals surface area contributed by atoms with Crippen LogP contribution in [-0.2, 0) is 16.1 Å². The van der Waals surface area contributed by atoms with Gasteiger partial charge in [0, 0.05) is 37.4 Å². The van der Waals surface area contributed by atoms with Crippen LogP contribution in [0.4, 0.5) is 19.3 Å². The van der Waals surface area contributed by atoms with Crippen molar-refractivity contribution < 1.29 is 33.0 Å². The second-order valence-corrected chi connectivity index (χ2v) is 18.4. The molecule has 47 heavy (non-hydrogen) atoms. The number of nitrogens with one attached hydrogen (secondary N) is 1. The molecule has 3 aromatic carbocycles. The van der Waals surface area contributed by atoms with Crippen LogP contribution >= 0.6 is 0 Å². The third kappa shape index (κ3) is 7.85. The smallest absolute Gasteiger partial charge is 0.410 e. The second kappa shape index (κ2) is 14.1. The molecule has 3 N–H and O–H groups in total. The molecule has 0 saturated carbocycles. The van der Waals surface area contributed by atoms with Crippen molar-refractivity contribution >= 4 is 26.0 Å². The Morgan fingerprint density at radius 1 is 1.02 bits per heavy atom. The largest absolute Gasteiger partial charge is 0.508 e. The van der Waals surface area contributed by atoms with Gasteiger partial charge in [-0.3, -0.25) is 4.79 Å². The number of amides is 2. The van der Waals surface area contributed by atoms with Gasteiger partial charge < -0.3 is 29.8 Å². The third-order valence-corrected chi connectivity index (χ3v) is 13.6. The summed E-state index contributed by atoms with van der Waals surface area (Å²) >= 11 is 0. The lowest BCUT2D eigenvalue weighted by Crippen LogP contribution is -2.55. The van der Waals surface area contributed by atoms with Crippen molar-refractivity contribution in [1.82, 2.24) is 10.2 Å². The molecule has 2 aliphatic heterocycles. The van der Waals surface area contributed by atoms with Gasteiger partial charge in [-0.05, 0) is 96.9 Å². The van der Waals surface area contributed by atoms with E-state index in [2.05, 4.69) is 19.2 Å². The van der Waals surface area contributed by atoms with E-state index in [-0.39, 0.29) is 35.0 Å². The number of benzene rings is 3. The van der Waals surface area contributed by atoms with Crippen molar-refractivity contribution in [2.45, 2.75) is 69.8 Å². The third-order valence-electron chi connectivity index (χ3n) is 10.1. The number of halogens is 2. The van der Waals surface area contributed by atoms with E-state index < -0.39 is 32.2 Å². The first-order chi connectivity index (χ1) is 22.2. The molecule has 252 valence electrons. The van der Waals surface area contributed by atoms with E-state index in [1.54, 1.807) is 52.3 Å². The van der Waals surface area contributed by atoms with Crippen LogP contribution < -0.4 is 10.2 Å². The number of phenols is 1. The lowest BCUT2D eigenvalue weighted by atomic mass is 9.75. The Morgan fingerprint density at radius 2 is 1.64 bits per heavy atom. The molecular weight excluding hydrogens is 620 g/mol. The highest BCUT2D eigenvalue weighted by Gasteiger charge is 2.50. The number of aromatic hydroxyl groups is 1. The van der Waals surface area contributed by atoms with E-state index >= 15 is 0 Å². The molecule has 0 aliphatic carbocycles. The number of β-lactam (4-membered cyclic amide) rings is 1. The highest BCUT2D eigenvalue weighted by atomic mass is 28.4. The van der Waals surface area contributed by atoms with Crippen molar-refractivity contribution in [3.05, 3.63) is 95.1 Å². The molecule has 11 heteroatoms. The summed E-state index contributed by atoms with van der Waals surface area (Å²) < 4.78 is 33.2. The number of carbonyl (C=O) groups excluding carboxylic acids is 2. The Labute approximate surface area is 276 Å². The van der Waals surface area contributed by atoms with E-state index in [4.69, 9.17) is 4.74 Å². The summed E-state index contributed by atoms with van der Waals surface area (Å²) in [6, 6.07) is 16.7. The van der Waals surface area contributed by atoms with Gasteiger partial charge in [0.1, 0.15) is 24.0 Å². The van der Waals surface area contributed by atoms with E-state index in [1.807, 2.05) is 13.1 Å². The van der Waals surface area contributed by atoms with Crippen LogP contribution in [0.25, 0.3) is 0 Å². The van der Waals surface area contributed by atoms with Gasteiger partial charge in [-0.15, -0.1) is 0 Å². The Kier molecular flexibility index (Phi) is 10.4. The summed E-state index contributed by atoms with van der Waals surface area (Å²) in [4.78, 5) is 40.5. The van der Waals surface area contributed by atoms with Crippen molar-refractivity contribution in [2.24, 2.45) is 5.92 Å². The molecule has 2 fully saturated rings. The molecule has 0 spiro atoms. The van der Waals surface area contributed by atoms with Crippen LogP contribution in [0.2, 0.25) is 18.1 Å². The standard InChI is InChI=1S/C36H45F2N3O5Si/c1-36(2,47(3,4)45)22-26(25-6-9-27(37)10-7-25)8-16-31-33(41(34(31)43)29-13-11-28(38)12-14-29)30-15-5-24(21-32(30)42)23-46-35(44)40-19-17-39-18-20-40/h5-7,9-15,21,26,31,33,39,42,45H,8,16-20,22-23H2,1-4H3/t26-,31-,33-/m1/s1. The normalized spacial score (nSPS) is 19.3. The molecular formula is C36H45F2N3O5Si. The van der Waals surface area contributed by atoms with Crippen LogP contribution in [0.5, 0.6) is 5.75 Å². The minimum absolute atomic E-state index is 0.00897. The average Bonchev–Trinajstić information content (AvgIpc) is 3.03.